The minimum Gasteiger partial charge on any atom is -0.497 e. The summed E-state index contributed by atoms with van der Waals surface area (Å²) in [6.07, 6.45) is 0.652. The molecule has 0 saturated carbocycles. The van der Waals surface area contributed by atoms with Gasteiger partial charge in [0.2, 0.25) is 0 Å². The Bertz CT molecular complexity index is 1200. The number of carbonyl (C=O) groups excluding carboxylic acids is 2. The Morgan fingerprint density at radius 2 is 1.70 bits per heavy atom. The van der Waals surface area contributed by atoms with E-state index in [0.29, 0.717) is 38.2 Å². The van der Waals surface area contributed by atoms with Crippen molar-refractivity contribution in [1.29, 1.82) is 0 Å². The van der Waals surface area contributed by atoms with E-state index in [1.54, 1.807) is 54.8 Å². The van der Waals surface area contributed by atoms with Gasteiger partial charge < -0.3 is 24.1 Å². The molecule has 1 aromatic heterocycles. The van der Waals surface area contributed by atoms with Crippen molar-refractivity contribution in [2.24, 2.45) is 0 Å². The van der Waals surface area contributed by atoms with Crippen LogP contribution in [0.25, 0.3) is 10.9 Å². The lowest BCUT2D eigenvalue weighted by Crippen LogP contribution is -2.51. The first-order valence-electron chi connectivity index (χ1n) is 13.4. The van der Waals surface area contributed by atoms with Crippen molar-refractivity contribution in [3.8, 4) is 5.75 Å². The Balaban J connectivity index is 1.81. The summed E-state index contributed by atoms with van der Waals surface area (Å²) < 4.78 is 22.2. The summed E-state index contributed by atoms with van der Waals surface area (Å²) in [5.74, 6) is -0.446. The van der Waals surface area contributed by atoms with Crippen LogP contribution in [-0.2, 0) is 19.0 Å². The van der Waals surface area contributed by atoms with Crippen molar-refractivity contribution in [2.75, 3.05) is 33.3 Å². The first kappa shape index (κ1) is 30.9. The van der Waals surface area contributed by atoms with E-state index in [1.165, 1.54) is 4.90 Å². The van der Waals surface area contributed by atoms with Crippen molar-refractivity contribution < 1.29 is 38.4 Å². The van der Waals surface area contributed by atoms with E-state index in [0.717, 1.165) is 16.5 Å². The second-order valence-corrected chi connectivity index (χ2v) is 11.9. The molecule has 0 unspecified atom stereocenters. The van der Waals surface area contributed by atoms with Crippen LogP contribution < -0.4 is 4.74 Å². The highest BCUT2D eigenvalue weighted by atomic mass is 16.7. The van der Waals surface area contributed by atoms with E-state index in [-0.39, 0.29) is 6.04 Å². The van der Waals surface area contributed by atoms with Crippen LogP contribution in [0.4, 0.5) is 9.59 Å². The average molecular weight is 560 g/mol. The summed E-state index contributed by atoms with van der Waals surface area (Å²) in [6, 6.07) is 7.06. The second kappa shape index (κ2) is 12.7. The summed E-state index contributed by atoms with van der Waals surface area (Å²) >= 11 is 0. The van der Waals surface area contributed by atoms with E-state index < -0.39 is 42.1 Å². The van der Waals surface area contributed by atoms with E-state index in [9.17, 15) is 19.5 Å². The lowest BCUT2D eigenvalue weighted by atomic mass is 10.00. The van der Waals surface area contributed by atoms with Crippen LogP contribution in [0.3, 0.4) is 0 Å². The maximum atomic E-state index is 12.8. The minimum absolute atomic E-state index is 0.293. The number of ether oxygens (including phenoxy) is 4. The summed E-state index contributed by atoms with van der Waals surface area (Å²) in [5, 5.41) is 10.2. The number of aliphatic carboxylic acids is 1. The fraction of sp³-hybridized carbons (Fsp3) is 0.586. The molecule has 1 atom stereocenters. The molecule has 1 aliphatic heterocycles. The third-order valence-electron chi connectivity index (χ3n) is 6.31. The summed E-state index contributed by atoms with van der Waals surface area (Å²) in [6.45, 7) is 11.6. The molecule has 2 heterocycles. The van der Waals surface area contributed by atoms with E-state index in [4.69, 9.17) is 18.9 Å². The maximum Gasteiger partial charge on any atom is 0.509 e. The number of fused-ring (bicyclic) bond motifs is 1. The van der Waals surface area contributed by atoms with Crippen LogP contribution in [0.5, 0.6) is 5.75 Å². The fourth-order valence-electron chi connectivity index (χ4n) is 4.60. The first-order chi connectivity index (χ1) is 18.6. The van der Waals surface area contributed by atoms with E-state index >= 15 is 0 Å². The molecule has 0 radical (unpaired) electrons. The van der Waals surface area contributed by atoms with Gasteiger partial charge >= 0.3 is 18.2 Å². The molecule has 0 aliphatic carbocycles. The number of hydrogen-bond donors (Lipinski definition) is 1. The summed E-state index contributed by atoms with van der Waals surface area (Å²) in [5.41, 5.74) is 0.0322. The number of aromatic nitrogens is 1. The number of benzene rings is 1. The quantitative estimate of drug-likeness (QED) is 0.440. The molecule has 1 amide bonds. The molecule has 1 saturated heterocycles. The molecule has 0 spiro atoms. The largest absolute Gasteiger partial charge is 0.509 e. The molecule has 1 aromatic carbocycles. The van der Waals surface area contributed by atoms with E-state index in [2.05, 4.69) is 9.88 Å². The number of carbonyl (C=O) groups is 3. The Morgan fingerprint density at radius 1 is 1.05 bits per heavy atom. The molecular weight excluding hydrogens is 518 g/mol. The minimum atomic E-state index is -1.10. The second-order valence-electron chi connectivity index (χ2n) is 11.9. The van der Waals surface area contributed by atoms with Gasteiger partial charge in [0.25, 0.3) is 0 Å². The normalized spacial score (nSPS) is 15.8. The van der Waals surface area contributed by atoms with Crippen molar-refractivity contribution in [3.05, 3.63) is 36.0 Å². The lowest BCUT2D eigenvalue weighted by Gasteiger charge is -2.39. The van der Waals surface area contributed by atoms with Gasteiger partial charge in [-0.05, 0) is 78.6 Å². The molecule has 1 N–H and O–H groups in total. The number of carboxylic acid groups (broad SMARTS) is 1. The highest BCUT2D eigenvalue weighted by Crippen LogP contribution is 2.31. The Labute approximate surface area is 235 Å². The van der Waals surface area contributed by atoms with Gasteiger partial charge in [0.1, 0.15) is 29.6 Å². The third-order valence-corrected chi connectivity index (χ3v) is 6.31. The van der Waals surface area contributed by atoms with Crippen LogP contribution >= 0.6 is 0 Å². The highest BCUT2D eigenvalue weighted by molar-refractivity contribution is 5.84. The highest BCUT2D eigenvalue weighted by Gasteiger charge is 2.34. The monoisotopic (exact) mass is 559 g/mol. The van der Waals surface area contributed by atoms with Crippen LogP contribution in [0.1, 0.15) is 66.1 Å². The van der Waals surface area contributed by atoms with Gasteiger partial charge in [0, 0.05) is 42.8 Å². The predicted octanol–water partition coefficient (Wildman–Crippen LogP) is 5.02. The van der Waals surface area contributed by atoms with Gasteiger partial charge in [0.15, 0.2) is 0 Å². The number of methoxy groups -OCH3 is 1. The zero-order valence-corrected chi connectivity index (χ0v) is 24.4. The number of likely N-dealkylation sites (tertiary alicyclic amines) is 1. The molecule has 1 fully saturated rings. The molecular formula is C29H41N3O8. The Kier molecular flexibility index (Phi) is 9.83. The molecule has 220 valence electrons. The zero-order chi connectivity index (χ0) is 29.7. The Hall–Kier alpha value is -3.60. The third kappa shape index (κ3) is 8.97. The van der Waals surface area contributed by atoms with Gasteiger partial charge in [0.05, 0.1) is 12.6 Å². The number of hydrogen-bond acceptors (Lipinski definition) is 9. The molecule has 40 heavy (non-hydrogen) atoms. The van der Waals surface area contributed by atoms with Crippen molar-refractivity contribution in [3.63, 3.8) is 0 Å². The standard InChI is InChI=1S/C29H41N3O8/c1-28(2,3)39-26(35)32(18-25(33)34)19-11-14-31(15-12-19)17-24(38-27(36)40-29(4,5)6)21-10-13-30-23-9-8-20(37-7)16-22(21)23/h8-10,13,16,19,24H,11-12,14-15,17-18H2,1-7H3,(H,33,34)/t24-/m1/s1. The van der Waals surface area contributed by atoms with Gasteiger partial charge in [-0.25, -0.2) is 9.59 Å². The predicted molar refractivity (Wildman–Crippen MR) is 148 cm³/mol. The lowest BCUT2D eigenvalue weighted by molar-refractivity contribution is -0.139. The molecule has 0 bridgehead atoms. The topological polar surface area (TPSA) is 128 Å². The maximum absolute atomic E-state index is 12.8. The Morgan fingerprint density at radius 3 is 2.27 bits per heavy atom. The van der Waals surface area contributed by atoms with Crippen molar-refractivity contribution in [2.45, 2.75) is 77.7 Å². The number of amides is 1. The molecule has 11 heteroatoms. The summed E-state index contributed by atoms with van der Waals surface area (Å²) in [7, 11) is 1.58. The van der Waals surface area contributed by atoms with Crippen LogP contribution in [0.15, 0.2) is 30.5 Å². The van der Waals surface area contributed by atoms with E-state index in [1.807, 2.05) is 24.3 Å². The number of carboxylic acids is 1. The molecule has 1 aliphatic rings. The summed E-state index contributed by atoms with van der Waals surface area (Å²) in [4.78, 5) is 44.9. The molecule has 11 nitrogen and oxygen atoms in total. The number of nitrogens with zero attached hydrogens (tertiary/aromatic N) is 3. The number of pyridine rings is 1. The van der Waals surface area contributed by atoms with Gasteiger partial charge in [-0.2, -0.15) is 0 Å². The van der Waals surface area contributed by atoms with Crippen LogP contribution in [0.2, 0.25) is 0 Å². The van der Waals surface area contributed by atoms with Gasteiger partial charge in [-0.1, -0.05) is 0 Å². The number of piperidine rings is 1. The van der Waals surface area contributed by atoms with Crippen LogP contribution in [-0.4, -0.2) is 88.6 Å². The van der Waals surface area contributed by atoms with Crippen molar-refractivity contribution >= 4 is 29.1 Å². The van der Waals surface area contributed by atoms with Gasteiger partial charge in [-0.15, -0.1) is 0 Å². The molecule has 3 rings (SSSR count). The van der Waals surface area contributed by atoms with Gasteiger partial charge in [-0.3, -0.25) is 19.6 Å². The van der Waals surface area contributed by atoms with Crippen LogP contribution in [0, 0.1) is 0 Å². The fourth-order valence-corrected chi connectivity index (χ4v) is 4.60. The smallest absolute Gasteiger partial charge is 0.497 e. The average Bonchev–Trinajstić information content (AvgIpc) is 2.84. The first-order valence-corrected chi connectivity index (χ1v) is 13.4. The SMILES string of the molecule is COc1ccc2nccc([C@@H](CN3CCC(N(CC(=O)O)C(=O)OC(C)(C)C)CC3)OC(=O)OC(C)(C)C)c2c1. The zero-order valence-electron chi connectivity index (χ0n) is 24.4. The van der Waals surface area contributed by atoms with Crippen molar-refractivity contribution in [1.82, 2.24) is 14.8 Å². The number of rotatable bonds is 8. The molecule has 2 aromatic rings.